The van der Waals surface area contributed by atoms with E-state index < -0.39 is 18.2 Å². The SMILES string of the molecule is Cc1cc(C)cc(/C=C/C(=O)N2CCC(C(O)C(F)(F)F)CC2)c1. The number of likely N-dealkylation sites (tertiary alicyclic amines) is 1. The van der Waals surface area contributed by atoms with Gasteiger partial charge in [-0.25, -0.2) is 0 Å². The maximum Gasteiger partial charge on any atom is 0.414 e. The first-order valence-corrected chi connectivity index (χ1v) is 7.97. The zero-order valence-corrected chi connectivity index (χ0v) is 13.8. The number of benzene rings is 1. The number of amides is 1. The van der Waals surface area contributed by atoms with Crippen LogP contribution in [0.25, 0.3) is 6.08 Å². The van der Waals surface area contributed by atoms with Gasteiger partial charge in [0.15, 0.2) is 6.10 Å². The second-order valence-corrected chi connectivity index (χ2v) is 6.40. The van der Waals surface area contributed by atoms with E-state index in [2.05, 4.69) is 0 Å². The molecule has 1 saturated heterocycles. The summed E-state index contributed by atoms with van der Waals surface area (Å²) in [6.45, 7) is 4.41. The number of aryl methyl sites for hydroxylation is 2. The second kappa shape index (κ2) is 7.38. The van der Waals surface area contributed by atoms with Crippen molar-refractivity contribution in [3.05, 3.63) is 41.0 Å². The Morgan fingerprint density at radius 2 is 1.75 bits per heavy atom. The highest BCUT2D eigenvalue weighted by atomic mass is 19.4. The summed E-state index contributed by atoms with van der Waals surface area (Å²) in [5.41, 5.74) is 3.12. The van der Waals surface area contributed by atoms with Gasteiger partial charge in [0, 0.05) is 19.2 Å². The minimum absolute atomic E-state index is 0.157. The highest BCUT2D eigenvalue weighted by Gasteiger charge is 2.44. The van der Waals surface area contributed by atoms with E-state index in [-0.39, 0.29) is 31.8 Å². The Labute approximate surface area is 139 Å². The molecule has 1 aromatic rings. The van der Waals surface area contributed by atoms with Crippen molar-refractivity contribution in [1.29, 1.82) is 0 Å². The number of hydrogen-bond donors (Lipinski definition) is 1. The van der Waals surface area contributed by atoms with E-state index in [1.807, 2.05) is 32.0 Å². The first-order valence-electron chi connectivity index (χ1n) is 7.97. The molecule has 1 unspecified atom stereocenters. The van der Waals surface area contributed by atoms with Crippen LogP contribution in [-0.2, 0) is 4.79 Å². The number of hydrogen-bond acceptors (Lipinski definition) is 2. The van der Waals surface area contributed by atoms with Crippen LogP contribution in [0.2, 0.25) is 0 Å². The van der Waals surface area contributed by atoms with Crippen LogP contribution in [0.5, 0.6) is 0 Å². The summed E-state index contributed by atoms with van der Waals surface area (Å²) in [4.78, 5) is 13.7. The van der Waals surface area contributed by atoms with Crippen molar-refractivity contribution in [3.63, 3.8) is 0 Å². The van der Waals surface area contributed by atoms with E-state index in [9.17, 15) is 23.1 Å². The molecule has 24 heavy (non-hydrogen) atoms. The first-order chi connectivity index (χ1) is 11.2. The fourth-order valence-electron chi connectivity index (χ4n) is 3.08. The summed E-state index contributed by atoms with van der Waals surface area (Å²) >= 11 is 0. The molecule has 2 rings (SSSR count). The maximum atomic E-state index is 12.5. The quantitative estimate of drug-likeness (QED) is 0.855. The minimum atomic E-state index is -4.60. The molecule has 0 aromatic heterocycles. The molecule has 1 aliphatic heterocycles. The van der Waals surface area contributed by atoms with Crippen LogP contribution in [0, 0.1) is 19.8 Å². The van der Waals surface area contributed by atoms with Gasteiger partial charge in [0.2, 0.25) is 5.91 Å². The number of carbonyl (C=O) groups excluding carboxylic acids is 1. The van der Waals surface area contributed by atoms with E-state index in [0.717, 1.165) is 16.7 Å². The van der Waals surface area contributed by atoms with E-state index >= 15 is 0 Å². The number of piperidine rings is 1. The van der Waals surface area contributed by atoms with Gasteiger partial charge in [-0.2, -0.15) is 13.2 Å². The third-order valence-corrected chi connectivity index (χ3v) is 4.30. The Morgan fingerprint density at radius 1 is 1.21 bits per heavy atom. The zero-order chi connectivity index (χ0) is 17.9. The van der Waals surface area contributed by atoms with Gasteiger partial charge in [-0.15, -0.1) is 0 Å². The summed E-state index contributed by atoms with van der Waals surface area (Å²) in [7, 11) is 0. The first kappa shape index (κ1) is 18.5. The lowest BCUT2D eigenvalue weighted by Crippen LogP contribution is -2.44. The summed E-state index contributed by atoms with van der Waals surface area (Å²) in [6, 6.07) is 5.96. The molecule has 1 heterocycles. The van der Waals surface area contributed by atoms with Crippen molar-refractivity contribution < 1.29 is 23.1 Å². The fourth-order valence-corrected chi connectivity index (χ4v) is 3.08. The molecule has 0 aliphatic carbocycles. The standard InChI is InChI=1S/C18H22F3NO2/c1-12-9-13(2)11-14(10-12)3-4-16(23)22-7-5-15(6-8-22)17(24)18(19,20)21/h3-4,9-11,15,17,24H,5-8H2,1-2H3/b4-3+. The molecule has 1 fully saturated rings. The van der Waals surface area contributed by atoms with Crippen molar-refractivity contribution in [1.82, 2.24) is 4.90 Å². The highest BCUT2D eigenvalue weighted by Crippen LogP contribution is 2.31. The van der Waals surface area contributed by atoms with Gasteiger partial charge in [0.25, 0.3) is 0 Å². The summed E-state index contributed by atoms with van der Waals surface area (Å²) in [6.07, 6.45) is -3.42. The van der Waals surface area contributed by atoms with Crippen LogP contribution >= 0.6 is 0 Å². The number of carbonyl (C=O) groups is 1. The van der Waals surface area contributed by atoms with Gasteiger partial charge >= 0.3 is 6.18 Å². The van der Waals surface area contributed by atoms with Crippen molar-refractivity contribution in [2.45, 2.75) is 39.0 Å². The number of halogens is 3. The number of aliphatic hydroxyl groups is 1. The lowest BCUT2D eigenvalue weighted by molar-refractivity contribution is -0.222. The summed E-state index contributed by atoms with van der Waals surface area (Å²) < 4.78 is 37.6. The smallest absolute Gasteiger partial charge is 0.383 e. The number of alkyl halides is 3. The minimum Gasteiger partial charge on any atom is -0.383 e. The van der Waals surface area contributed by atoms with Crippen molar-refractivity contribution in [2.24, 2.45) is 5.92 Å². The number of aliphatic hydroxyl groups excluding tert-OH is 1. The van der Waals surface area contributed by atoms with E-state index in [1.54, 1.807) is 6.08 Å². The molecule has 3 nitrogen and oxygen atoms in total. The van der Waals surface area contributed by atoms with Crippen LogP contribution in [0.4, 0.5) is 13.2 Å². The number of rotatable bonds is 3. The predicted molar refractivity (Wildman–Crippen MR) is 86.3 cm³/mol. The second-order valence-electron chi connectivity index (χ2n) is 6.40. The van der Waals surface area contributed by atoms with Crippen molar-refractivity contribution >= 4 is 12.0 Å². The average Bonchev–Trinajstić information content (AvgIpc) is 2.50. The lowest BCUT2D eigenvalue weighted by Gasteiger charge is -2.34. The molecule has 0 spiro atoms. The topological polar surface area (TPSA) is 40.5 Å². The molecule has 1 aliphatic rings. The Bertz CT molecular complexity index is 597. The highest BCUT2D eigenvalue weighted by molar-refractivity contribution is 5.91. The van der Waals surface area contributed by atoms with Gasteiger partial charge in [-0.05, 0) is 44.2 Å². The van der Waals surface area contributed by atoms with Gasteiger partial charge in [0.05, 0.1) is 0 Å². The Morgan fingerprint density at radius 3 is 2.25 bits per heavy atom. The van der Waals surface area contributed by atoms with Crippen LogP contribution in [0.1, 0.15) is 29.5 Å². The molecule has 1 aromatic carbocycles. The van der Waals surface area contributed by atoms with Crippen LogP contribution < -0.4 is 0 Å². The van der Waals surface area contributed by atoms with Gasteiger partial charge in [-0.3, -0.25) is 4.79 Å². The molecular formula is C18H22F3NO2. The molecule has 0 saturated carbocycles. The van der Waals surface area contributed by atoms with E-state index in [0.29, 0.717) is 0 Å². The monoisotopic (exact) mass is 341 g/mol. The largest absolute Gasteiger partial charge is 0.414 e. The number of nitrogens with zero attached hydrogens (tertiary/aromatic N) is 1. The Balaban J connectivity index is 1.92. The maximum absolute atomic E-state index is 12.5. The molecule has 0 bridgehead atoms. The molecule has 0 radical (unpaired) electrons. The predicted octanol–water partition coefficient (Wildman–Crippen LogP) is 3.48. The van der Waals surface area contributed by atoms with Gasteiger partial charge in [0.1, 0.15) is 0 Å². The molecule has 1 amide bonds. The molecular weight excluding hydrogens is 319 g/mol. The average molecular weight is 341 g/mol. The zero-order valence-electron chi connectivity index (χ0n) is 13.8. The van der Waals surface area contributed by atoms with Gasteiger partial charge < -0.3 is 10.0 Å². The van der Waals surface area contributed by atoms with Crippen LogP contribution in [-0.4, -0.2) is 41.3 Å². The fraction of sp³-hybridized carbons (Fsp3) is 0.500. The Kier molecular flexibility index (Phi) is 5.70. The summed E-state index contributed by atoms with van der Waals surface area (Å²) in [5.74, 6) is -1.05. The normalized spacial score (nSPS) is 18.2. The molecule has 6 heteroatoms. The molecule has 1 N–H and O–H groups in total. The lowest BCUT2D eigenvalue weighted by atomic mass is 9.91. The van der Waals surface area contributed by atoms with E-state index in [4.69, 9.17) is 0 Å². The summed E-state index contributed by atoms with van der Waals surface area (Å²) in [5, 5.41) is 9.30. The van der Waals surface area contributed by atoms with Gasteiger partial charge in [-0.1, -0.05) is 29.3 Å². The third-order valence-electron chi connectivity index (χ3n) is 4.30. The van der Waals surface area contributed by atoms with Crippen molar-refractivity contribution in [3.8, 4) is 0 Å². The van der Waals surface area contributed by atoms with Crippen LogP contribution in [0.15, 0.2) is 24.3 Å². The van der Waals surface area contributed by atoms with Crippen LogP contribution in [0.3, 0.4) is 0 Å². The third kappa shape index (κ3) is 4.84. The molecule has 1 atom stereocenters. The van der Waals surface area contributed by atoms with E-state index in [1.165, 1.54) is 11.0 Å². The van der Waals surface area contributed by atoms with Crippen molar-refractivity contribution in [2.75, 3.05) is 13.1 Å². The molecule has 132 valence electrons. The Hall–Kier alpha value is -1.82.